The van der Waals surface area contributed by atoms with Crippen molar-refractivity contribution in [3.8, 4) is 5.75 Å². The molecule has 6 nitrogen and oxygen atoms in total. The van der Waals surface area contributed by atoms with E-state index in [9.17, 15) is 0 Å². The molecule has 0 amide bonds. The zero-order chi connectivity index (χ0) is 19.5. The van der Waals surface area contributed by atoms with Gasteiger partial charge in [-0.15, -0.1) is 0 Å². The SMILES string of the molecule is CCCCNc1nc(N)nc2c3ccccc3n(Cc3ccccc3OC)c12. The van der Waals surface area contributed by atoms with Crippen LogP contribution in [0.2, 0.25) is 0 Å². The van der Waals surface area contributed by atoms with Crippen molar-refractivity contribution >= 4 is 33.7 Å². The largest absolute Gasteiger partial charge is 0.496 e. The first-order valence-corrected chi connectivity index (χ1v) is 9.63. The number of benzene rings is 2. The van der Waals surface area contributed by atoms with Crippen LogP contribution < -0.4 is 15.8 Å². The van der Waals surface area contributed by atoms with Crippen molar-refractivity contribution in [2.24, 2.45) is 0 Å². The molecule has 0 aliphatic carbocycles. The maximum absolute atomic E-state index is 6.04. The Morgan fingerprint density at radius 1 is 1.07 bits per heavy atom. The smallest absolute Gasteiger partial charge is 0.222 e. The van der Waals surface area contributed by atoms with Gasteiger partial charge in [0, 0.05) is 17.5 Å². The summed E-state index contributed by atoms with van der Waals surface area (Å²) in [5, 5.41) is 4.53. The fraction of sp³-hybridized carbons (Fsp3) is 0.273. The molecule has 4 rings (SSSR count). The van der Waals surface area contributed by atoms with Crippen LogP contribution in [-0.2, 0) is 6.54 Å². The summed E-state index contributed by atoms with van der Waals surface area (Å²) in [5.41, 5.74) is 10.1. The van der Waals surface area contributed by atoms with E-state index in [1.807, 2.05) is 30.3 Å². The van der Waals surface area contributed by atoms with Gasteiger partial charge >= 0.3 is 0 Å². The first kappa shape index (κ1) is 18.1. The fourth-order valence-corrected chi connectivity index (χ4v) is 3.62. The molecular weight excluding hydrogens is 350 g/mol. The summed E-state index contributed by atoms with van der Waals surface area (Å²) in [6, 6.07) is 16.3. The highest BCUT2D eigenvalue weighted by atomic mass is 16.5. The monoisotopic (exact) mass is 375 g/mol. The first-order valence-electron chi connectivity index (χ1n) is 9.63. The number of rotatable bonds is 7. The number of methoxy groups -OCH3 is 1. The Morgan fingerprint density at radius 2 is 1.86 bits per heavy atom. The molecule has 144 valence electrons. The van der Waals surface area contributed by atoms with Gasteiger partial charge in [0.05, 0.1) is 19.2 Å². The van der Waals surface area contributed by atoms with Gasteiger partial charge in [-0.2, -0.15) is 4.98 Å². The van der Waals surface area contributed by atoms with Crippen LogP contribution in [0.3, 0.4) is 0 Å². The number of unbranched alkanes of at least 4 members (excludes halogenated alkanes) is 1. The van der Waals surface area contributed by atoms with Gasteiger partial charge in [0.2, 0.25) is 5.95 Å². The van der Waals surface area contributed by atoms with Crippen molar-refractivity contribution in [2.45, 2.75) is 26.3 Å². The van der Waals surface area contributed by atoms with Gasteiger partial charge in [0.15, 0.2) is 5.82 Å². The Hall–Kier alpha value is -3.28. The van der Waals surface area contributed by atoms with Gasteiger partial charge in [-0.05, 0) is 18.6 Å². The summed E-state index contributed by atoms with van der Waals surface area (Å²) in [7, 11) is 1.70. The third kappa shape index (κ3) is 3.22. The summed E-state index contributed by atoms with van der Waals surface area (Å²) < 4.78 is 7.81. The van der Waals surface area contributed by atoms with Crippen LogP contribution in [0.4, 0.5) is 11.8 Å². The molecule has 0 atom stereocenters. The van der Waals surface area contributed by atoms with Crippen molar-refractivity contribution in [1.82, 2.24) is 14.5 Å². The lowest BCUT2D eigenvalue weighted by atomic mass is 10.2. The van der Waals surface area contributed by atoms with Crippen molar-refractivity contribution in [1.29, 1.82) is 0 Å². The molecule has 0 aliphatic heterocycles. The molecule has 0 saturated carbocycles. The Balaban J connectivity index is 1.94. The average molecular weight is 375 g/mol. The number of fused-ring (bicyclic) bond motifs is 3. The summed E-state index contributed by atoms with van der Waals surface area (Å²) >= 11 is 0. The number of hydrogen-bond donors (Lipinski definition) is 2. The van der Waals surface area contributed by atoms with Gasteiger partial charge in [-0.25, -0.2) is 4.98 Å². The van der Waals surface area contributed by atoms with Crippen molar-refractivity contribution in [3.05, 3.63) is 54.1 Å². The second-order valence-electron chi connectivity index (χ2n) is 6.82. The number of nitrogen functional groups attached to an aromatic ring is 1. The standard InChI is InChI=1S/C22H25N5O/c1-3-4-13-24-21-20-19(25-22(23)26-21)16-10-6-7-11-17(16)27(20)14-15-9-5-8-12-18(15)28-2/h5-12H,3-4,13-14H2,1-2H3,(H3,23,24,25,26). The third-order valence-corrected chi connectivity index (χ3v) is 4.96. The lowest BCUT2D eigenvalue weighted by molar-refractivity contribution is 0.409. The van der Waals surface area contributed by atoms with Crippen LogP contribution in [-0.4, -0.2) is 28.2 Å². The zero-order valence-electron chi connectivity index (χ0n) is 16.3. The van der Waals surface area contributed by atoms with E-state index in [2.05, 4.69) is 45.0 Å². The lowest BCUT2D eigenvalue weighted by Gasteiger charge is -2.14. The molecule has 2 heterocycles. The number of nitrogens with two attached hydrogens (primary N) is 1. The van der Waals surface area contributed by atoms with Crippen molar-refractivity contribution in [3.63, 3.8) is 0 Å². The molecule has 4 aromatic rings. The molecule has 3 N–H and O–H groups in total. The quantitative estimate of drug-likeness (QED) is 0.467. The Morgan fingerprint density at radius 3 is 2.68 bits per heavy atom. The minimum absolute atomic E-state index is 0.284. The molecular formula is C22H25N5O. The maximum atomic E-state index is 6.04. The second-order valence-corrected chi connectivity index (χ2v) is 6.82. The molecule has 0 unspecified atom stereocenters. The summed E-state index contributed by atoms with van der Waals surface area (Å²) in [6.45, 7) is 3.67. The number of nitrogens with one attached hydrogen (secondary N) is 1. The second kappa shape index (κ2) is 7.76. The Labute approximate surface area is 164 Å². The number of anilines is 2. The molecule has 6 heteroatoms. The molecule has 0 spiro atoms. The third-order valence-electron chi connectivity index (χ3n) is 4.96. The van der Waals surface area contributed by atoms with Crippen molar-refractivity contribution in [2.75, 3.05) is 24.7 Å². The van der Waals surface area contributed by atoms with E-state index in [1.165, 1.54) is 0 Å². The van der Waals surface area contributed by atoms with Crippen LogP contribution in [0.1, 0.15) is 25.3 Å². The Kier molecular flexibility index (Phi) is 5.02. The number of nitrogens with zero attached hydrogens (tertiary/aromatic N) is 3. The Bertz CT molecular complexity index is 1120. The van der Waals surface area contributed by atoms with E-state index in [-0.39, 0.29) is 5.95 Å². The first-order chi connectivity index (χ1) is 13.7. The lowest BCUT2D eigenvalue weighted by Crippen LogP contribution is -2.09. The van der Waals surface area contributed by atoms with Crippen LogP contribution in [0, 0.1) is 0 Å². The minimum Gasteiger partial charge on any atom is -0.496 e. The minimum atomic E-state index is 0.284. The average Bonchev–Trinajstić information content (AvgIpc) is 3.02. The van der Waals surface area contributed by atoms with Crippen molar-refractivity contribution < 1.29 is 4.74 Å². The van der Waals surface area contributed by atoms with Crippen LogP contribution >= 0.6 is 0 Å². The predicted octanol–water partition coefficient (Wildman–Crippen LogP) is 4.44. The summed E-state index contributed by atoms with van der Waals surface area (Å²) in [4.78, 5) is 9.09. The molecule has 2 aromatic heterocycles. The predicted molar refractivity (Wildman–Crippen MR) is 115 cm³/mol. The van der Waals surface area contributed by atoms with E-state index < -0.39 is 0 Å². The van der Waals surface area contributed by atoms with Gasteiger partial charge < -0.3 is 20.4 Å². The molecule has 0 fully saturated rings. The molecule has 0 saturated heterocycles. The van der Waals surface area contributed by atoms with E-state index in [0.29, 0.717) is 6.54 Å². The highest BCUT2D eigenvalue weighted by Gasteiger charge is 2.18. The van der Waals surface area contributed by atoms with E-state index >= 15 is 0 Å². The van der Waals surface area contributed by atoms with Gasteiger partial charge in [-0.3, -0.25) is 0 Å². The normalized spacial score (nSPS) is 11.2. The molecule has 0 aliphatic rings. The molecule has 2 aromatic carbocycles. The fourth-order valence-electron chi connectivity index (χ4n) is 3.62. The number of aromatic nitrogens is 3. The summed E-state index contributed by atoms with van der Waals surface area (Å²) in [6.07, 6.45) is 2.18. The molecule has 28 heavy (non-hydrogen) atoms. The van der Waals surface area contributed by atoms with Crippen LogP contribution in [0.25, 0.3) is 21.9 Å². The number of hydrogen-bond acceptors (Lipinski definition) is 5. The highest BCUT2D eigenvalue weighted by Crippen LogP contribution is 2.33. The molecule has 0 bridgehead atoms. The number of para-hydroxylation sites is 2. The topological polar surface area (TPSA) is 78.0 Å². The zero-order valence-corrected chi connectivity index (χ0v) is 16.3. The highest BCUT2D eigenvalue weighted by molar-refractivity contribution is 6.09. The van der Waals surface area contributed by atoms with Gasteiger partial charge in [0.1, 0.15) is 16.8 Å². The van der Waals surface area contributed by atoms with E-state index in [1.54, 1.807) is 7.11 Å². The van der Waals surface area contributed by atoms with Crippen LogP contribution in [0.5, 0.6) is 5.75 Å². The van der Waals surface area contributed by atoms with Gasteiger partial charge in [-0.1, -0.05) is 49.7 Å². The molecule has 0 radical (unpaired) electrons. The van der Waals surface area contributed by atoms with Gasteiger partial charge in [0.25, 0.3) is 0 Å². The van der Waals surface area contributed by atoms with E-state index in [0.717, 1.165) is 58.5 Å². The number of ether oxygens (including phenoxy) is 1. The van der Waals surface area contributed by atoms with Crippen LogP contribution in [0.15, 0.2) is 48.5 Å². The maximum Gasteiger partial charge on any atom is 0.222 e. The van der Waals surface area contributed by atoms with E-state index in [4.69, 9.17) is 10.5 Å². The summed E-state index contributed by atoms with van der Waals surface area (Å²) in [5.74, 6) is 1.93.